The molecule has 0 bridgehead atoms. The summed E-state index contributed by atoms with van der Waals surface area (Å²) in [4.78, 5) is 17.7. The quantitative estimate of drug-likeness (QED) is 0.890. The number of carbonyl (C=O) groups excluding carboxylic acids is 1. The summed E-state index contributed by atoms with van der Waals surface area (Å²) in [6, 6.07) is 2.34. The van der Waals surface area contributed by atoms with Crippen LogP contribution in [0.5, 0.6) is 0 Å². The predicted molar refractivity (Wildman–Crippen MR) is 83.9 cm³/mol. The summed E-state index contributed by atoms with van der Waals surface area (Å²) in [5, 5.41) is 3.00. The van der Waals surface area contributed by atoms with Crippen LogP contribution in [0.4, 0.5) is 19.0 Å². The van der Waals surface area contributed by atoms with Crippen molar-refractivity contribution in [2.45, 2.75) is 37.6 Å². The topological polar surface area (TPSA) is 54.5 Å². The van der Waals surface area contributed by atoms with E-state index in [4.69, 9.17) is 16.3 Å². The number of ether oxygens (including phenoxy) is 1. The lowest BCUT2D eigenvalue weighted by atomic mass is 9.91. The second-order valence-electron chi connectivity index (χ2n) is 5.80. The molecule has 0 spiro atoms. The summed E-state index contributed by atoms with van der Waals surface area (Å²) in [5.74, 6) is -0.138. The smallest absolute Gasteiger partial charge is 0.367 e. The van der Waals surface area contributed by atoms with Crippen molar-refractivity contribution in [3.05, 3.63) is 23.4 Å². The first-order valence-electron chi connectivity index (χ1n) is 7.47. The van der Waals surface area contributed by atoms with Gasteiger partial charge >= 0.3 is 6.18 Å². The maximum Gasteiger partial charge on any atom is 0.418 e. The molecule has 1 aromatic heterocycles. The molecule has 5 nitrogen and oxygen atoms in total. The molecule has 134 valence electrons. The van der Waals surface area contributed by atoms with Crippen molar-refractivity contribution in [1.29, 1.82) is 0 Å². The lowest BCUT2D eigenvalue weighted by molar-refractivity contribution is -0.284. The molecule has 1 N–H and O–H groups in total. The molecule has 1 aliphatic heterocycles. The van der Waals surface area contributed by atoms with Gasteiger partial charge in [-0.3, -0.25) is 9.69 Å². The first-order valence-corrected chi connectivity index (χ1v) is 7.85. The molecule has 0 unspecified atom stereocenters. The van der Waals surface area contributed by atoms with Gasteiger partial charge in [0.2, 0.25) is 5.91 Å². The van der Waals surface area contributed by atoms with E-state index in [0.717, 1.165) is 7.11 Å². The van der Waals surface area contributed by atoms with Crippen LogP contribution in [-0.2, 0) is 9.53 Å². The fourth-order valence-electron chi connectivity index (χ4n) is 2.74. The Morgan fingerprint density at radius 3 is 2.75 bits per heavy atom. The zero-order valence-electron chi connectivity index (χ0n) is 13.4. The third-order valence-corrected chi connectivity index (χ3v) is 4.52. The molecule has 2 heterocycles. The lowest BCUT2D eigenvalue weighted by Crippen LogP contribution is -2.61. The summed E-state index contributed by atoms with van der Waals surface area (Å²) < 4.78 is 44.8. The van der Waals surface area contributed by atoms with Gasteiger partial charge in [0, 0.05) is 19.9 Å². The Labute approximate surface area is 143 Å². The summed E-state index contributed by atoms with van der Waals surface area (Å²) in [7, 11) is 1.05. The van der Waals surface area contributed by atoms with Crippen LogP contribution in [-0.4, -0.2) is 53.8 Å². The predicted octanol–water partition coefficient (Wildman–Crippen LogP) is 3.11. The number of amides is 1. The van der Waals surface area contributed by atoms with Crippen LogP contribution < -0.4 is 5.32 Å². The highest BCUT2D eigenvalue weighted by molar-refractivity contribution is 6.30. The Balaban J connectivity index is 2.06. The van der Waals surface area contributed by atoms with Crippen LogP contribution in [0.15, 0.2) is 18.3 Å². The first kappa shape index (κ1) is 19.0. The van der Waals surface area contributed by atoms with Gasteiger partial charge in [0.25, 0.3) is 0 Å². The van der Waals surface area contributed by atoms with Gasteiger partial charge in [-0.05, 0) is 38.4 Å². The fourth-order valence-corrected chi connectivity index (χ4v) is 2.86. The van der Waals surface area contributed by atoms with Crippen molar-refractivity contribution < 1.29 is 22.7 Å². The van der Waals surface area contributed by atoms with Crippen LogP contribution in [0, 0.1) is 0 Å². The number of hydrogen-bond donors (Lipinski definition) is 1. The van der Waals surface area contributed by atoms with Crippen LogP contribution >= 0.6 is 11.6 Å². The van der Waals surface area contributed by atoms with Crippen molar-refractivity contribution in [3.8, 4) is 0 Å². The maximum absolute atomic E-state index is 13.3. The summed E-state index contributed by atoms with van der Waals surface area (Å²) in [6.07, 6.45) is -2.93. The molecule has 0 radical (unpaired) electrons. The SMILES string of the molecule is CO[C@@]1(C(F)(F)F)CCCN([C@@H](C)C(=O)Nc2ccc(Cl)cn2)C1. The van der Waals surface area contributed by atoms with Gasteiger partial charge in [-0.2, -0.15) is 13.2 Å². The van der Waals surface area contributed by atoms with E-state index < -0.39 is 23.7 Å². The van der Waals surface area contributed by atoms with E-state index in [9.17, 15) is 18.0 Å². The summed E-state index contributed by atoms with van der Waals surface area (Å²) in [5.41, 5.74) is -2.24. The largest absolute Gasteiger partial charge is 0.418 e. The van der Waals surface area contributed by atoms with Gasteiger partial charge in [0.05, 0.1) is 11.1 Å². The van der Waals surface area contributed by atoms with Gasteiger partial charge in [0.15, 0.2) is 5.60 Å². The van der Waals surface area contributed by atoms with E-state index in [-0.39, 0.29) is 13.0 Å². The molecule has 2 atom stereocenters. The number of aromatic nitrogens is 1. The van der Waals surface area contributed by atoms with Crippen molar-refractivity contribution >= 4 is 23.3 Å². The van der Waals surface area contributed by atoms with Gasteiger partial charge < -0.3 is 10.1 Å². The highest BCUT2D eigenvalue weighted by Gasteiger charge is 2.57. The molecular formula is C15H19ClF3N3O2. The minimum atomic E-state index is -4.49. The second kappa shape index (κ2) is 7.25. The summed E-state index contributed by atoms with van der Waals surface area (Å²) in [6.45, 7) is 1.58. The maximum atomic E-state index is 13.3. The Bertz CT molecular complexity index is 582. The Hall–Kier alpha value is -1.38. The Morgan fingerprint density at radius 2 is 2.21 bits per heavy atom. The molecule has 1 amide bonds. The highest BCUT2D eigenvalue weighted by Crippen LogP contribution is 2.40. The zero-order valence-corrected chi connectivity index (χ0v) is 14.1. The third-order valence-electron chi connectivity index (χ3n) is 4.30. The van der Waals surface area contributed by atoms with Crippen LogP contribution in [0.25, 0.3) is 0 Å². The minimum Gasteiger partial charge on any atom is -0.367 e. The number of rotatable bonds is 4. The zero-order chi connectivity index (χ0) is 18.0. The molecule has 0 aliphatic carbocycles. The van der Waals surface area contributed by atoms with Gasteiger partial charge in [0.1, 0.15) is 5.82 Å². The second-order valence-corrected chi connectivity index (χ2v) is 6.23. The first-order chi connectivity index (χ1) is 11.2. The summed E-state index contributed by atoms with van der Waals surface area (Å²) >= 11 is 5.72. The number of methoxy groups -OCH3 is 1. The number of anilines is 1. The normalized spacial score (nSPS) is 23.8. The van der Waals surface area contributed by atoms with Crippen molar-refractivity contribution in [1.82, 2.24) is 9.88 Å². The van der Waals surface area contributed by atoms with Crippen LogP contribution in [0.2, 0.25) is 5.02 Å². The number of nitrogens with one attached hydrogen (secondary N) is 1. The molecule has 9 heteroatoms. The minimum absolute atomic E-state index is 0.115. The van der Waals surface area contributed by atoms with Crippen LogP contribution in [0.1, 0.15) is 19.8 Å². The molecule has 0 saturated carbocycles. The van der Waals surface area contributed by atoms with Gasteiger partial charge in [-0.15, -0.1) is 0 Å². The number of pyridine rings is 1. The van der Waals surface area contributed by atoms with E-state index in [1.54, 1.807) is 13.0 Å². The number of nitrogens with zero attached hydrogens (tertiary/aromatic N) is 2. The highest BCUT2D eigenvalue weighted by atomic mass is 35.5. The number of halogens is 4. The lowest BCUT2D eigenvalue weighted by Gasteiger charge is -2.44. The monoisotopic (exact) mass is 365 g/mol. The number of alkyl halides is 3. The number of hydrogen-bond acceptors (Lipinski definition) is 4. The number of carbonyl (C=O) groups is 1. The molecule has 1 saturated heterocycles. The van der Waals surface area contributed by atoms with Gasteiger partial charge in [-0.25, -0.2) is 4.98 Å². The third kappa shape index (κ3) is 3.99. The number of likely N-dealkylation sites (tertiary alicyclic amines) is 1. The fraction of sp³-hybridized carbons (Fsp3) is 0.600. The molecule has 2 rings (SSSR count). The number of piperidine rings is 1. The van der Waals surface area contributed by atoms with Crippen molar-refractivity contribution in [2.24, 2.45) is 0 Å². The Morgan fingerprint density at radius 1 is 1.50 bits per heavy atom. The van der Waals surface area contributed by atoms with Crippen molar-refractivity contribution in [3.63, 3.8) is 0 Å². The van der Waals surface area contributed by atoms with E-state index in [0.29, 0.717) is 23.8 Å². The standard InChI is InChI=1S/C15H19ClF3N3O2/c1-10(13(23)21-12-5-4-11(16)8-20-12)22-7-3-6-14(9-22,24-2)15(17,18)19/h4-5,8,10H,3,6-7,9H2,1-2H3,(H,20,21,23)/t10-,14-/m0/s1. The molecule has 1 aliphatic rings. The molecule has 0 aromatic carbocycles. The molecule has 1 aromatic rings. The average Bonchev–Trinajstić information content (AvgIpc) is 2.55. The Kier molecular flexibility index (Phi) is 5.72. The van der Waals surface area contributed by atoms with Crippen LogP contribution in [0.3, 0.4) is 0 Å². The van der Waals surface area contributed by atoms with Gasteiger partial charge in [-0.1, -0.05) is 11.6 Å². The van der Waals surface area contributed by atoms with Crippen molar-refractivity contribution in [2.75, 3.05) is 25.5 Å². The van der Waals surface area contributed by atoms with E-state index in [2.05, 4.69) is 10.3 Å². The average molecular weight is 366 g/mol. The molecule has 1 fully saturated rings. The molecular weight excluding hydrogens is 347 g/mol. The molecule has 24 heavy (non-hydrogen) atoms. The van der Waals surface area contributed by atoms with E-state index >= 15 is 0 Å². The van der Waals surface area contributed by atoms with E-state index in [1.807, 2.05) is 0 Å². The van der Waals surface area contributed by atoms with E-state index in [1.165, 1.54) is 17.2 Å².